The molecule has 13 nitrogen and oxygen atoms in total. The Morgan fingerprint density at radius 2 is 1.88 bits per heavy atom. The third-order valence-electron chi connectivity index (χ3n) is 6.22. The molecule has 3 rings (SSSR count). The number of nitrogen functional groups attached to an aromatic ring is 1. The lowest BCUT2D eigenvalue weighted by molar-refractivity contribution is -0.121. The molecule has 0 spiro atoms. The molecule has 0 aliphatic heterocycles. The van der Waals surface area contributed by atoms with Crippen LogP contribution in [0.1, 0.15) is 55.6 Å². The van der Waals surface area contributed by atoms with Crippen LogP contribution in [0, 0.1) is 0 Å². The second-order valence-corrected chi connectivity index (χ2v) is 9.92. The third kappa shape index (κ3) is 7.75. The molecule has 0 saturated heterocycles. The Morgan fingerprint density at radius 3 is 2.51 bits per heavy atom. The van der Waals surface area contributed by atoms with E-state index in [1.165, 1.54) is 22.9 Å². The van der Waals surface area contributed by atoms with Crippen LogP contribution in [0.25, 0.3) is 11.3 Å². The molecule has 0 saturated carbocycles. The van der Waals surface area contributed by atoms with Crippen molar-refractivity contribution in [2.24, 2.45) is 10.9 Å². The fourth-order valence-electron chi connectivity index (χ4n) is 3.95. The number of nitrogens with one attached hydrogen (secondary N) is 3. The maximum atomic E-state index is 13.4. The number of nitrogens with zero attached hydrogens (tertiary/aromatic N) is 3. The Morgan fingerprint density at radius 1 is 1.15 bits per heavy atom. The number of amidine groups is 1. The van der Waals surface area contributed by atoms with Gasteiger partial charge in [0.2, 0.25) is 5.91 Å². The molecule has 0 radical (unpaired) electrons. The minimum atomic E-state index is -0.528. The number of carbonyl (C=O) groups excluding carboxylic acids is 2. The number of amides is 2. The number of phenols is 1. The molecule has 1 aromatic heterocycles. The van der Waals surface area contributed by atoms with Crippen LogP contribution in [0.5, 0.6) is 5.75 Å². The van der Waals surface area contributed by atoms with Crippen LogP contribution in [-0.2, 0) is 17.9 Å². The molecular formula is C28H36N8O5. The van der Waals surface area contributed by atoms with E-state index in [2.05, 4.69) is 26.1 Å². The van der Waals surface area contributed by atoms with Gasteiger partial charge < -0.3 is 37.7 Å². The van der Waals surface area contributed by atoms with Crippen molar-refractivity contribution in [3.05, 3.63) is 69.6 Å². The number of oxime groups is 1. The van der Waals surface area contributed by atoms with Gasteiger partial charge >= 0.3 is 0 Å². The van der Waals surface area contributed by atoms with Crippen molar-refractivity contribution in [3.8, 4) is 17.0 Å². The van der Waals surface area contributed by atoms with Crippen molar-refractivity contribution in [2.75, 3.05) is 11.1 Å². The van der Waals surface area contributed by atoms with Crippen LogP contribution in [0.2, 0.25) is 0 Å². The van der Waals surface area contributed by atoms with Gasteiger partial charge in [0, 0.05) is 35.4 Å². The summed E-state index contributed by atoms with van der Waals surface area (Å²) in [6.45, 7) is 7.23. The summed E-state index contributed by atoms with van der Waals surface area (Å²) in [4.78, 5) is 43.5. The second kappa shape index (κ2) is 13.3. The Balaban J connectivity index is 1.94. The van der Waals surface area contributed by atoms with Crippen molar-refractivity contribution in [1.29, 1.82) is 0 Å². The highest BCUT2D eigenvalue weighted by Crippen LogP contribution is 2.24. The number of phenolic OH excluding ortho intramolecular Hbond substituents is 1. The minimum absolute atomic E-state index is 0.0351. The zero-order valence-corrected chi connectivity index (χ0v) is 23.4. The number of rotatable bonds is 11. The third-order valence-corrected chi connectivity index (χ3v) is 6.22. The average molecular weight is 565 g/mol. The first kappa shape index (κ1) is 30.5. The van der Waals surface area contributed by atoms with E-state index >= 15 is 0 Å². The van der Waals surface area contributed by atoms with Gasteiger partial charge in [-0.25, -0.2) is 4.98 Å². The topological polar surface area (TPSA) is 210 Å². The molecule has 2 aromatic carbocycles. The van der Waals surface area contributed by atoms with Gasteiger partial charge in [0.25, 0.3) is 11.5 Å². The van der Waals surface area contributed by atoms with Crippen LogP contribution in [0.15, 0.2) is 52.5 Å². The van der Waals surface area contributed by atoms with Crippen LogP contribution < -0.4 is 33.0 Å². The number of hydrogen-bond acceptors (Lipinski definition) is 9. The van der Waals surface area contributed by atoms with Gasteiger partial charge in [0.15, 0.2) is 11.7 Å². The smallest absolute Gasteiger partial charge is 0.294 e. The zero-order valence-electron chi connectivity index (χ0n) is 23.4. The summed E-state index contributed by atoms with van der Waals surface area (Å²) >= 11 is 0. The van der Waals surface area contributed by atoms with E-state index in [4.69, 9.17) is 16.7 Å². The van der Waals surface area contributed by atoms with Crippen molar-refractivity contribution in [3.63, 3.8) is 0 Å². The zero-order chi connectivity index (χ0) is 30.3. The first-order valence-electron chi connectivity index (χ1n) is 13.1. The standard InChI is InChI=1S/C28H36N8O5/c1-5-16(4)34-27(39)19-9-18(10-20(29)11-19)22-13-32-26(33-15(2)3)28(40)36(22)14-24(38)31-12-17-6-7-21(23(37)8-17)25(30)35-41/h6-11,13,15-16,37,41H,5,12,14,29H2,1-4H3,(H2,30,35)(H,31,38)(H,32,33)(H,34,39)/t16-/m0/s1. The molecule has 2 amide bonds. The van der Waals surface area contributed by atoms with Crippen LogP contribution in [0.4, 0.5) is 11.5 Å². The van der Waals surface area contributed by atoms with E-state index in [0.717, 1.165) is 6.42 Å². The number of aromatic hydroxyl groups is 1. The SMILES string of the molecule is CC[C@H](C)NC(=O)c1cc(N)cc(-c2cnc(NC(C)C)c(=O)n2CC(=O)NCc2ccc(/C(N)=N/O)c(O)c2)c1. The molecule has 3 aromatic rings. The quantitative estimate of drug-likeness (QED) is 0.0596. The predicted octanol–water partition coefficient (Wildman–Crippen LogP) is 1.96. The summed E-state index contributed by atoms with van der Waals surface area (Å²) in [6.07, 6.45) is 2.20. The number of benzene rings is 2. The van der Waals surface area contributed by atoms with Gasteiger partial charge in [-0.05, 0) is 63.1 Å². The maximum absolute atomic E-state index is 13.4. The molecular weight excluding hydrogens is 528 g/mol. The summed E-state index contributed by atoms with van der Waals surface area (Å²) in [5.41, 5.74) is 13.2. The number of anilines is 2. The predicted molar refractivity (Wildman–Crippen MR) is 157 cm³/mol. The average Bonchev–Trinajstić information content (AvgIpc) is 2.93. The minimum Gasteiger partial charge on any atom is -0.507 e. The van der Waals surface area contributed by atoms with Gasteiger partial charge in [-0.1, -0.05) is 18.1 Å². The van der Waals surface area contributed by atoms with E-state index in [1.807, 2.05) is 27.7 Å². The largest absolute Gasteiger partial charge is 0.507 e. The van der Waals surface area contributed by atoms with Gasteiger partial charge in [0.1, 0.15) is 12.3 Å². The van der Waals surface area contributed by atoms with Crippen LogP contribution in [0.3, 0.4) is 0 Å². The molecule has 0 aliphatic carbocycles. The number of nitrogens with two attached hydrogens (primary N) is 2. The number of hydrogen-bond donors (Lipinski definition) is 7. The first-order valence-corrected chi connectivity index (χ1v) is 13.1. The molecule has 9 N–H and O–H groups in total. The van der Waals surface area contributed by atoms with Crippen LogP contribution >= 0.6 is 0 Å². The molecule has 0 bridgehead atoms. The Labute approximate surface area is 237 Å². The van der Waals surface area contributed by atoms with E-state index in [-0.39, 0.29) is 54.0 Å². The highest BCUT2D eigenvalue weighted by atomic mass is 16.4. The molecule has 13 heteroatoms. The molecule has 1 atom stereocenters. The van der Waals surface area contributed by atoms with Gasteiger partial charge in [-0.15, -0.1) is 0 Å². The summed E-state index contributed by atoms with van der Waals surface area (Å²) in [5, 5.41) is 30.5. The van der Waals surface area contributed by atoms with Crippen molar-refractivity contribution in [2.45, 2.75) is 59.3 Å². The molecule has 1 heterocycles. The second-order valence-electron chi connectivity index (χ2n) is 9.92. The fourth-order valence-corrected chi connectivity index (χ4v) is 3.95. The van der Waals surface area contributed by atoms with E-state index in [9.17, 15) is 19.5 Å². The molecule has 0 fully saturated rings. The summed E-state index contributed by atoms with van der Waals surface area (Å²) < 4.78 is 1.26. The van der Waals surface area contributed by atoms with Gasteiger partial charge in [0.05, 0.1) is 17.5 Å². The van der Waals surface area contributed by atoms with Gasteiger partial charge in [-0.2, -0.15) is 0 Å². The van der Waals surface area contributed by atoms with Gasteiger partial charge in [-0.3, -0.25) is 19.0 Å². The van der Waals surface area contributed by atoms with Crippen molar-refractivity contribution < 1.29 is 19.9 Å². The van der Waals surface area contributed by atoms with E-state index in [1.54, 1.807) is 24.3 Å². The van der Waals surface area contributed by atoms with E-state index in [0.29, 0.717) is 28.1 Å². The first-order chi connectivity index (χ1) is 19.4. The van der Waals surface area contributed by atoms with Crippen molar-refractivity contribution in [1.82, 2.24) is 20.2 Å². The Hall–Kier alpha value is -5.07. The van der Waals surface area contributed by atoms with E-state index < -0.39 is 11.5 Å². The highest BCUT2D eigenvalue weighted by molar-refractivity contribution is 5.99. The Kier molecular flexibility index (Phi) is 9.90. The summed E-state index contributed by atoms with van der Waals surface area (Å²) in [5.74, 6) is -1.21. The lowest BCUT2D eigenvalue weighted by atomic mass is 10.1. The maximum Gasteiger partial charge on any atom is 0.294 e. The molecule has 0 unspecified atom stereocenters. The number of carbonyl (C=O) groups is 2. The highest BCUT2D eigenvalue weighted by Gasteiger charge is 2.18. The Bertz CT molecular complexity index is 1520. The normalized spacial score (nSPS) is 12.2. The summed E-state index contributed by atoms with van der Waals surface area (Å²) in [6, 6.07) is 9.03. The fraction of sp³-hybridized carbons (Fsp3) is 0.321. The van der Waals surface area contributed by atoms with Crippen molar-refractivity contribution >= 4 is 29.2 Å². The van der Waals surface area contributed by atoms with Crippen LogP contribution in [-0.4, -0.2) is 49.6 Å². The molecule has 218 valence electrons. The lowest BCUT2D eigenvalue weighted by Crippen LogP contribution is -2.35. The lowest BCUT2D eigenvalue weighted by Gasteiger charge is -2.17. The molecule has 41 heavy (non-hydrogen) atoms. The number of aromatic nitrogens is 2. The monoisotopic (exact) mass is 564 g/mol. The summed E-state index contributed by atoms with van der Waals surface area (Å²) in [7, 11) is 0. The molecule has 0 aliphatic rings.